The topological polar surface area (TPSA) is 45.3 Å². The second kappa shape index (κ2) is 10.8. The van der Waals surface area contributed by atoms with Crippen molar-refractivity contribution >= 4 is 11.6 Å². The number of benzene rings is 2. The molecule has 0 aromatic heterocycles. The second-order valence-electron chi connectivity index (χ2n) is 8.71. The number of piperazine rings is 1. The van der Waals surface area contributed by atoms with Crippen LogP contribution in [-0.2, 0) is 16.1 Å². The molecule has 2 aliphatic rings. The monoisotopic (exact) mass is 437 g/mol. The van der Waals surface area contributed by atoms with Crippen molar-refractivity contribution in [2.45, 2.75) is 25.4 Å². The van der Waals surface area contributed by atoms with Crippen LogP contribution >= 0.6 is 0 Å². The molecule has 2 aromatic carbocycles. The molecule has 172 valence electrons. The van der Waals surface area contributed by atoms with Gasteiger partial charge in [0.15, 0.2) is 0 Å². The molecule has 0 radical (unpaired) electrons. The van der Waals surface area contributed by atoms with E-state index in [2.05, 4.69) is 45.0 Å². The summed E-state index contributed by atoms with van der Waals surface area (Å²) in [5.74, 6) is 1.16. The summed E-state index contributed by atoms with van der Waals surface area (Å²) in [7, 11) is 3.45. The number of methoxy groups -OCH3 is 2. The number of likely N-dealkylation sites (tertiary alicyclic amines) is 1. The lowest BCUT2D eigenvalue weighted by atomic mass is 9.87. The number of carbonyl (C=O) groups excluding carboxylic acids is 1. The number of ether oxygens (including phenoxy) is 2. The average Bonchev–Trinajstić information content (AvgIpc) is 2.85. The highest BCUT2D eigenvalue weighted by Gasteiger charge is 2.38. The zero-order chi connectivity index (χ0) is 22.3. The summed E-state index contributed by atoms with van der Waals surface area (Å²) in [6, 6.07) is 18.7. The third-order valence-corrected chi connectivity index (χ3v) is 6.79. The molecule has 0 N–H and O–H groups in total. The van der Waals surface area contributed by atoms with Crippen molar-refractivity contribution < 1.29 is 14.3 Å². The molecule has 2 aromatic rings. The lowest BCUT2D eigenvalue weighted by molar-refractivity contribution is -0.141. The van der Waals surface area contributed by atoms with Gasteiger partial charge in [0.1, 0.15) is 5.75 Å². The van der Waals surface area contributed by atoms with Gasteiger partial charge < -0.3 is 19.3 Å². The van der Waals surface area contributed by atoms with Crippen molar-refractivity contribution in [2.24, 2.45) is 5.92 Å². The molecule has 4 rings (SSSR count). The number of rotatable bonds is 7. The Morgan fingerprint density at radius 3 is 2.38 bits per heavy atom. The first-order valence-electron chi connectivity index (χ1n) is 11.6. The van der Waals surface area contributed by atoms with Gasteiger partial charge in [-0.1, -0.05) is 42.5 Å². The zero-order valence-corrected chi connectivity index (χ0v) is 19.3. The summed E-state index contributed by atoms with van der Waals surface area (Å²) in [5.41, 5.74) is 2.39. The van der Waals surface area contributed by atoms with Crippen molar-refractivity contribution in [3.63, 3.8) is 0 Å². The Kier molecular flexibility index (Phi) is 7.66. The van der Waals surface area contributed by atoms with Crippen LogP contribution in [0, 0.1) is 5.92 Å². The van der Waals surface area contributed by atoms with Gasteiger partial charge in [0.2, 0.25) is 5.91 Å². The summed E-state index contributed by atoms with van der Waals surface area (Å²) < 4.78 is 11.1. The number of nitrogens with zero attached hydrogens (tertiary/aromatic N) is 3. The molecule has 0 aliphatic carbocycles. The van der Waals surface area contributed by atoms with E-state index < -0.39 is 0 Å². The molecule has 0 saturated carbocycles. The van der Waals surface area contributed by atoms with E-state index in [0.717, 1.165) is 63.5 Å². The molecule has 0 unspecified atom stereocenters. The number of piperidine rings is 1. The van der Waals surface area contributed by atoms with E-state index >= 15 is 0 Å². The minimum Gasteiger partial charge on any atom is -0.495 e. The fourth-order valence-electron chi connectivity index (χ4n) is 5.11. The van der Waals surface area contributed by atoms with Crippen LogP contribution in [0.1, 0.15) is 18.4 Å². The minimum absolute atomic E-state index is 0.00905. The molecular formula is C26H35N3O3. The molecule has 6 nitrogen and oxygen atoms in total. The Bertz CT molecular complexity index is 868. The Morgan fingerprint density at radius 2 is 1.66 bits per heavy atom. The molecular weight excluding hydrogens is 402 g/mol. The van der Waals surface area contributed by atoms with E-state index in [0.29, 0.717) is 6.61 Å². The summed E-state index contributed by atoms with van der Waals surface area (Å²) in [4.78, 5) is 20.4. The van der Waals surface area contributed by atoms with Gasteiger partial charge in [0.25, 0.3) is 0 Å². The van der Waals surface area contributed by atoms with Crippen LogP contribution in [0.2, 0.25) is 0 Å². The molecule has 2 saturated heterocycles. The number of carbonyl (C=O) groups is 1. The Morgan fingerprint density at radius 1 is 0.938 bits per heavy atom. The van der Waals surface area contributed by atoms with E-state index in [9.17, 15) is 4.79 Å². The van der Waals surface area contributed by atoms with Gasteiger partial charge in [-0.3, -0.25) is 9.69 Å². The Balaban J connectivity index is 1.41. The largest absolute Gasteiger partial charge is 0.495 e. The van der Waals surface area contributed by atoms with E-state index in [4.69, 9.17) is 9.47 Å². The fraction of sp³-hybridized carbons (Fsp3) is 0.500. The maximum absolute atomic E-state index is 13.6. The first kappa shape index (κ1) is 22.6. The standard InChI is InChI=1S/C26H35N3O3/c1-31-20-24-22(11-8-14-29(24)19-21-9-4-3-5-10-21)26(30)28-17-15-27(16-18-28)23-12-6-7-13-25(23)32-2/h3-7,9-10,12-13,22,24H,8,11,14-20H2,1-2H3/t22-,24-/m1/s1. The first-order valence-corrected chi connectivity index (χ1v) is 11.6. The second-order valence-corrected chi connectivity index (χ2v) is 8.71. The molecule has 32 heavy (non-hydrogen) atoms. The third kappa shape index (κ3) is 5.08. The summed E-state index contributed by atoms with van der Waals surface area (Å²) >= 11 is 0. The van der Waals surface area contributed by atoms with Crippen LogP contribution in [0.4, 0.5) is 5.69 Å². The third-order valence-electron chi connectivity index (χ3n) is 6.79. The predicted molar refractivity (Wildman–Crippen MR) is 127 cm³/mol. The van der Waals surface area contributed by atoms with Gasteiger partial charge in [-0.2, -0.15) is 0 Å². The molecule has 2 atom stereocenters. The number of anilines is 1. The lowest BCUT2D eigenvalue weighted by Crippen LogP contribution is -2.56. The van der Waals surface area contributed by atoms with Crippen LogP contribution in [0.25, 0.3) is 0 Å². The summed E-state index contributed by atoms with van der Waals surface area (Å²) in [6.07, 6.45) is 1.98. The number of hydrogen-bond donors (Lipinski definition) is 0. The van der Waals surface area contributed by atoms with Crippen LogP contribution in [0.5, 0.6) is 5.75 Å². The van der Waals surface area contributed by atoms with Gasteiger partial charge >= 0.3 is 0 Å². The average molecular weight is 438 g/mol. The quantitative estimate of drug-likeness (QED) is 0.665. The zero-order valence-electron chi connectivity index (χ0n) is 19.3. The first-order chi connectivity index (χ1) is 15.7. The lowest BCUT2D eigenvalue weighted by Gasteiger charge is -2.44. The minimum atomic E-state index is -0.00905. The van der Waals surface area contributed by atoms with Crippen LogP contribution in [-0.4, -0.2) is 75.3 Å². The maximum Gasteiger partial charge on any atom is 0.227 e. The van der Waals surface area contributed by atoms with Crippen molar-refractivity contribution in [1.29, 1.82) is 0 Å². The predicted octanol–water partition coefficient (Wildman–Crippen LogP) is 3.27. The number of para-hydroxylation sites is 2. The van der Waals surface area contributed by atoms with Crippen molar-refractivity contribution in [1.82, 2.24) is 9.80 Å². The van der Waals surface area contributed by atoms with Gasteiger partial charge in [-0.15, -0.1) is 0 Å². The molecule has 0 bridgehead atoms. The van der Waals surface area contributed by atoms with E-state index in [1.54, 1.807) is 14.2 Å². The number of hydrogen-bond acceptors (Lipinski definition) is 5. The maximum atomic E-state index is 13.6. The summed E-state index contributed by atoms with van der Waals surface area (Å²) in [5, 5.41) is 0. The van der Waals surface area contributed by atoms with E-state index in [-0.39, 0.29) is 17.9 Å². The molecule has 2 fully saturated rings. The Hall–Kier alpha value is -2.57. The van der Waals surface area contributed by atoms with Crippen molar-refractivity contribution in [3.8, 4) is 5.75 Å². The highest BCUT2D eigenvalue weighted by Crippen LogP contribution is 2.30. The smallest absolute Gasteiger partial charge is 0.227 e. The van der Waals surface area contributed by atoms with Gasteiger partial charge in [0, 0.05) is 45.9 Å². The van der Waals surface area contributed by atoms with Crippen LogP contribution in [0.15, 0.2) is 54.6 Å². The molecule has 2 aliphatic heterocycles. The highest BCUT2D eigenvalue weighted by atomic mass is 16.5. The van der Waals surface area contributed by atoms with Crippen LogP contribution < -0.4 is 9.64 Å². The summed E-state index contributed by atoms with van der Waals surface area (Å²) in [6.45, 7) is 5.58. The normalized spacial score (nSPS) is 22.1. The molecule has 6 heteroatoms. The number of amides is 1. The van der Waals surface area contributed by atoms with Gasteiger partial charge in [-0.25, -0.2) is 0 Å². The molecule has 0 spiro atoms. The van der Waals surface area contributed by atoms with Crippen molar-refractivity contribution in [2.75, 3.05) is 58.5 Å². The molecule has 1 amide bonds. The fourth-order valence-corrected chi connectivity index (χ4v) is 5.11. The highest BCUT2D eigenvalue weighted by molar-refractivity contribution is 5.80. The van der Waals surface area contributed by atoms with Gasteiger partial charge in [0.05, 0.1) is 25.3 Å². The van der Waals surface area contributed by atoms with Gasteiger partial charge in [-0.05, 0) is 37.1 Å². The Labute approximate surface area is 191 Å². The molecule has 2 heterocycles. The van der Waals surface area contributed by atoms with Crippen molar-refractivity contribution in [3.05, 3.63) is 60.2 Å². The van der Waals surface area contributed by atoms with E-state index in [1.807, 2.05) is 24.3 Å². The SMILES string of the molecule is COC[C@@H]1[C@H](C(=O)N2CCN(c3ccccc3OC)CC2)CCCN1Cc1ccccc1. The van der Waals surface area contributed by atoms with E-state index in [1.165, 1.54) is 5.56 Å². The van der Waals surface area contributed by atoms with Crippen LogP contribution in [0.3, 0.4) is 0 Å².